The van der Waals surface area contributed by atoms with Gasteiger partial charge in [-0.1, -0.05) is 73.5 Å². The molecular weight excluding hydrogens is 684 g/mol. The molecule has 2 aromatic heterocycles. The molecule has 20 heteroatoms. The zero-order valence-electron chi connectivity index (χ0n) is 26.8. The van der Waals surface area contributed by atoms with Crippen molar-refractivity contribution in [1.82, 2.24) is 30.2 Å². The summed E-state index contributed by atoms with van der Waals surface area (Å²) in [4.78, 5) is 58.9. The van der Waals surface area contributed by atoms with E-state index < -0.39 is 41.8 Å². The van der Waals surface area contributed by atoms with Crippen molar-refractivity contribution in [2.45, 2.75) is 58.1 Å². The predicted molar refractivity (Wildman–Crippen MR) is 171 cm³/mol. The van der Waals surface area contributed by atoms with Crippen molar-refractivity contribution in [1.29, 1.82) is 0 Å². The Morgan fingerprint density at radius 1 is 0.980 bits per heavy atom. The van der Waals surface area contributed by atoms with Crippen LogP contribution in [0.5, 0.6) is 0 Å². The maximum absolute atomic E-state index is 13.1. The zero-order valence-corrected chi connectivity index (χ0v) is 27.5. The van der Waals surface area contributed by atoms with Gasteiger partial charge in [0.2, 0.25) is 12.6 Å². The van der Waals surface area contributed by atoms with Crippen LogP contribution in [0.3, 0.4) is 0 Å². The summed E-state index contributed by atoms with van der Waals surface area (Å²) in [5.41, 5.74) is 3.49. The lowest BCUT2D eigenvalue weighted by Crippen LogP contribution is -2.24. The number of carbonyl (C=O) groups excluding carboxylic acids is 2. The van der Waals surface area contributed by atoms with Gasteiger partial charge < -0.3 is 28.5 Å². The fourth-order valence-electron chi connectivity index (χ4n) is 4.84. The molecule has 1 atom stereocenters. The number of rotatable bonds is 20. The molecule has 0 spiro atoms. The third-order valence-electron chi connectivity index (χ3n) is 7.18. The van der Waals surface area contributed by atoms with Gasteiger partial charge in [-0.15, -0.1) is 30.4 Å². The number of aromatic nitrogens is 6. The van der Waals surface area contributed by atoms with Crippen LogP contribution >= 0.6 is 11.6 Å². The molecule has 0 saturated carbocycles. The molecule has 0 aliphatic carbocycles. The van der Waals surface area contributed by atoms with Crippen LogP contribution in [0.15, 0.2) is 48.5 Å². The Balaban J connectivity index is 1.32. The lowest BCUT2D eigenvalue weighted by Gasteiger charge is -2.14. The zero-order chi connectivity index (χ0) is 35.9. The molecule has 0 radical (unpaired) electrons. The Morgan fingerprint density at radius 3 is 2.42 bits per heavy atom. The Labute approximate surface area is 289 Å². The highest BCUT2D eigenvalue weighted by molar-refractivity contribution is 6.32. The van der Waals surface area contributed by atoms with Crippen LogP contribution in [-0.4, -0.2) is 78.6 Å². The van der Waals surface area contributed by atoms with E-state index in [0.717, 1.165) is 35.1 Å². The van der Waals surface area contributed by atoms with Gasteiger partial charge in [0.1, 0.15) is 18.5 Å². The van der Waals surface area contributed by atoms with Gasteiger partial charge in [0.05, 0.1) is 6.61 Å². The van der Waals surface area contributed by atoms with Crippen molar-refractivity contribution in [2.75, 3.05) is 20.0 Å². The Hall–Kier alpha value is -5.85. The molecule has 0 aliphatic heterocycles. The van der Waals surface area contributed by atoms with E-state index in [1.165, 1.54) is 0 Å². The average Bonchev–Trinajstić information content (AvgIpc) is 3.74. The molecule has 2 heterocycles. The first kappa shape index (κ1) is 37.0. The molecule has 266 valence electrons. The van der Waals surface area contributed by atoms with Crippen LogP contribution in [0.4, 0.5) is 4.79 Å². The van der Waals surface area contributed by atoms with Crippen LogP contribution in [0, 0.1) is 20.2 Å². The molecule has 0 bridgehead atoms. The fourth-order valence-corrected chi connectivity index (χ4v) is 5.12. The van der Waals surface area contributed by atoms with E-state index in [1.54, 1.807) is 4.57 Å². The van der Waals surface area contributed by atoms with Crippen molar-refractivity contribution < 1.29 is 43.6 Å². The topological polar surface area (TPSA) is 239 Å². The Morgan fingerprint density at radius 2 is 1.74 bits per heavy atom. The number of ether oxygens (including phenoxy) is 3. The van der Waals surface area contributed by atoms with Crippen molar-refractivity contribution in [3.05, 3.63) is 91.0 Å². The molecule has 50 heavy (non-hydrogen) atoms. The van der Waals surface area contributed by atoms with Gasteiger partial charge in [-0.05, 0) is 47.6 Å². The van der Waals surface area contributed by atoms with Crippen LogP contribution in [0.2, 0.25) is 5.15 Å². The minimum Gasteiger partial charge on any atom is -0.434 e. The molecular formula is C30H33ClN8O11. The summed E-state index contributed by atoms with van der Waals surface area (Å²) in [7, 11) is 0. The second-order valence-corrected chi connectivity index (χ2v) is 11.0. The SMILES string of the molecule is CCCCc1nc(Cl)c(C(=O)OCOC(=O)OCCCC[C@H](CO[N+](=O)[O-])O[N+](=O)[O-])n1Cc1ccc(-c2ccccc2-c2nn[nH]n2)cc1. The van der Waals surface area contributed by atoms with Gasteiger partial charge in [0.25, 0.3) is 10.2 Å². The predicted octanol–water partition coefficient (Wildman–Crippen LogP) is 5.00. The third kappa shape index (κ3) is 10.8. The number of H-pyrrole nitrogens is 1. The molecule has 1 N–H and O–H groups in total. The molecule has 0 unspecified atom stereocenters. The highest BCUT2D eigenvalue weighted by Crippen LogP contribution is 2.30. The first-order chi connectivity index (χ1) is 24.2. The fraction of sp³-hybridized carbons (Fsp3) is 0.400. The molecule has 19 nitrogen and oxygen atoms in total. The largest absolute Gasteiger partial charge is 0.511 e. The number of esters is 1. The molecule has 0 fully saturated rings. The van der Waals surface area contributed by atoms with Crippen molar-refractivity contribution >= 4 is 23.7 Å². The number of hydrogen-bond donors (Lipinski definition) is 1. The number of nitrogens with one attached hydrogen (secondary N) is 1. The maximum Gasteiger partial charge on any atom is 0.511 e. The normalized spacial score (nSPS) is 11.4. The minimum absolute atomic E-state index is 0.00572. The van der Waals surface area contributed by atoms with E-state index >= 15 is 0 Å². The summed E-state index contributed by atoms with van der Waals surface area (Å²) in [6.07, 6.45) is 0.458. The molecule has 4 aromatic rings. The Kier molecular flexibility index (Phi) is 13.8. The summed E-state index contributed by atoms with van der Waals surface area (Å²) in [6.45, 7) is 0.742. The summed E-state index contributed by atoms with van der Waals surface area (Å²) < 4.78 is 16.6. The molecule has 0 aliphatic rings. The number of aromatic amines is 1. The first-order valence-electron chi connectivity index (χ1n) is 15.4. The molecule has 0 saturated heterocycles. The second-order valence-electron chi connectivity index (χ2n) is 10.6. The van der Waals surface area contributed by atoms with Gasteiger partial charge in [0.15, 0.2) is 10.8 Å². The maximum atomic E-state index is 13.1. The van der Waals surface area contributed by atoms with Gasteiger partial charge in [-0.3, -0.25) is 0 Å². The first-order valence-corrected chi connectivity index (χ1v) is 15.8. The highest BCUT2D eigenvalue weighted by Gasteiger charge is 2.24. The van der Waals surface area contributed by atoms with Crippen LogP contribution < -0.4 is 0 Å². The van der Waals surface area contributed by atoms with Crippen molar-refractivity contribution in [3.63, 3.8) is 0 Å². The van der Waals surface area contributed by atoms with E-state index in [2.05, 4.69) is 35.3 Å². The number of imidazole rings is 1. The lowest BCUT2D eigenvalue weighted by atomic mass is 9.98. The summed E-state index contributed by atoms with van der Waals surface area (Å²) in [6, 6.07) is 15.4. The quantitative estimate of drug-likeness (QED) is 0.0416. The number of halogens is 1. The van der Waals surface area contributed by atoms with Crippen LogP contribution in [-0.2, 0) is 36.9 Å². The molecule has 2 aromatic carbocycles. The van der Waals surface area contributed by atoms with Gasteiger partial charge in [0, 0.05) is 18.5 Å². The number of carbonyl (C=O) groups is 2. The third-order valence-corrected chi connectivity index (χ3v) is 7.44. The van der Waals surface area contributed by atoms with Crippen molar-refractivity contribution in [3.8, 4) is 22.5 Å². The molecule has 4 rings (SSSR count). The summed E-state index contributed by atoms with van der Waals surface area (Å²) >= 11 is 6.41. The van der Waals surface area contributed by atoms with Gasteiger partial charge in [-0.25, -0.2) is 14.6 Å². The number of hydrogen-bond acceptors (Lipinski definition) is 15. The summed E-state index contributed by atoms with van der Waals surface area (Å²) in [5, 5.41) is 33.0. The van der Waals surface area contributed by atoms with E-state index in [9.17, 15) is 29.8 Å². The van der Waals surface area contributed by atoms with Crippen LogP contribution in [0.25, 0.3) is 22.5 Å². The highest BCUT2D eigenvalue weighted by atomic mass is 35.5. The Bertz CT molecular complexity index is 1740. The second kappa shape index (κ2) is 18.6. The average molecular weight is 717 g/mol. The summed E-state index contributed by atoms with van der Waals surface area (Å²) in [5.74, 6) is 0.193. The van der Waals surface area contributed by atoms with E-state index in [1.807, 2.05) is 55.5 Å². The lowest BCUT2D eigenvalue weighted by molar-refractivity contribution is -0.790. The monoisotopic (exact) mass is 716 g/mol. The number of benzene rings is 2. The van der Waals surface area contributed by atoms with Gasteiger partial charge in [-0.2, -0.15) is 5.21 Å². The van der Waals surface area contributed by atoms with E-state index in [-0.39, 0.29) is 43.3 Å². The minimum atomic E-state index is -1.17. The van der Waals surface area contributed by atoms with Gasteiger partial charge >= 0.3 is 12.1 Å². The van der Waals surface area contributed by atoms with E-state index in [0.29, 0.717) is 18.1 Å². The molecule has 0 amide bonds. The van der Waals surface area contributed by atoms with E-state index in [4.69, 9.17) is 25.8 Å². The van der Waals surface area contributed by atoms with Crippen LogP contribution in [0.1, 0.15) is 60.9 Å². The number of aryl methyl sites for hydroxylation is 1. The standard InChI is InChI=1S/C30H33ClN8O11/c1-2-3-11-25-32-27(31)26(29(40)47-19-48-30(41)46-16-7-6-8-22(50-39(44)45)18-49-38(42)43)37(25)17-20-12-14-21(15-13-20)23-9-4-5-10-24(23)28-33-35-36-34-28/h4-5,9-10,12-15,22H,2-3,6-8,11,16-19H2,1H3,(H,33,34,35,36)/t22-/m1/s1. The van der Waals surface area contributed by atoms with Crippen molar-refractivity contribution in [2.24, 2.45) is 0 Å². The number of tetrazole rings is 1. The number of unbranched alkanes of at least 4 members (excludes halogenated alkanes) is 2. The number of nitrogens with zero attached hydrogens (tertiary/aromatic N) is 7. The smallest absolute Gasteiger partial charge is 0.434 e.